The fourth-order valence-electron chi connectivity index (χ4n) is 2.66. The molecule has 110 valence electrons. The van der Waals surface area contributed by atoms with Crippen molar-refractivity contribution in [1.29, 1.82) is 0 Å². The zero-order valence-corrected chi connectivity index (χ0v) is 12.4. The number of nitrogens with one attached hydrogen (secondary N) is 1. The predicted octanol–water partition coefficient (Wildman–Crippen LogP) is 2.61. The summed E-state index contributed by atoms with van der Waals surface area (Å²) in [5.74, 6) is 0.404. The Labute approximate surface area is 120 Å². The van der Waals surface area contributed by atoms with Gasteiger partial charge in [0.15, 0.2) is 6.10 Å². The number of esters is 1. The molecule has 2 atom stereocenters. The van der Waals surface area contributed by atoms with Gasteiger partial charge in [-0.1, -0.05) is 6.07 Å². The Bertz CT molecular complexity index is 473. The molecule has 1 aliphatic rings. The summed E-state index contributed by atoms with van der Waals surface area (Å²) < 4.78 is 10.6. The van der Waals surface area contributed by atoms with E-state index in [4.69, 9.17) is 9.47 Å². The molecule has 4 nitrogen and oxygen atoms in total. The van der Waals surface area contributed by atoms with Crippen molar-refractivity contribution in [3.63, 3.8) is 0 Å². The standard InChI is InChI=1S/C16H23NO3/c1-4-19-16(18)11(2)20-13-9-8-12-6-5-7-15(17-3)14(12)10-13/h8-11,15,17H,4-7H2,1-3H3. The topological polar surface area (TPSA) is 47.6 Å². The minimum absolute atomic E-state index is 0.324. The second kappa shape index (κ2) is 6.75. The smallest absolute Gasteiger partial charge is 0.347 e. The normalized spacial score (nSPS) is 19.1. The molecule has 0 spiro atoms. The predicted molar refractivity (Wildman–Crippen MR) is 77.9 cm³/mol. The van der Waals surface area contributed by atoms with E-state index in [0.29, 0.717) is 12.6 Å². The minimum atomic E-state index is -0.579. The van der Waals surface area contributed by atoms with Crippen molar-refractivity contribution in [2.45, 2.75) is 45.3 Å². The van der Waals surface area contributed by atoms with E-state index in [2.05, 4.69) is 11.4 Å². The van der Waals surface area contributed by atoms with E-state index < -0.39 is 6.10 Å². The minimum Gasteiger partial charge on any atom is -0.479 e. The Morgan fingerprint density at radius 3 is 3.00 bits per heavy atom. The van der Waals surface area contributed by atoms with E-state index in [0.717, 1.165) is 18.6 Å². The summed E-state index contributed by atoms with van der Waals surface area (Å²) in [7, 11) is 1.98. The summed E-state index contributed by atoms with van der Waals surface area (Å²) >= 11 is 0. The van der Waals surface area contributed by atoms with Crippen LogP contribution in [0, 0.1) is 0 Å². The highest BCUT2D eigenvalue weighted by Gasteiger charge is 2.21. The first-order valence-corrected chi connectivity index (χ1v) is 7.29. The molecule has 1 aliphatic carbocycles. The van der Waals surface area contributed by atoms with Crippen LogP contribution in [0.4, 0.5) is 0 Å². The lowest BCUT2D eigenvalue weighted by molar-refractivity contribution is -0.150. The van der Waals surface area contributed by atoms with Crippen molar-refractivity contribution in [1.82, 2.24) is 5.32 Å². The van der Waals surface area contributed by atoms with Crippen molar-refractivity contribution in [2.75, 3.05) is 13.7 Å². The maximum Gasteiger partial charge on any atom is 0.347 e. The van der Waals surface area contributed by atoms with Gasteiger partial charge in [0, 0.05) is 6.04 Å². The fraction of sp³-hybridized carbons (Fsp3) is 0.562. The van der Waals surface area contributed by atoms with Gasteiger partial charge in [-0.05, 0) is 63.4 Å². The van der Waals surface area contributed by atoms with Gasteiger partial charge in [-0.25, -0.2) is 4.79 Å². The Balaban J connectivity index is 2.12. The van der Waals surface area contributed by atoms with Crippen molar-refractivity contribution < 1.29 is 14.3 Å². The van der Waals surface area contributed by atoms with E-state index in [1.165, 1.54) is 17.5 Å². The first-order valence-electron chi connectivity index (χ1n) is 7.29. The summed E-state index contributed by atoms with van der Waals surface area (Å²) in [5.41, 5.74) is 2.65. The molecule has 0 amide bonds. The Morgan fingerprint density at radius 2 is 2.30 bits per heavy atom. The molecule has 0 saturated heterocycles. The molecule has 1 N–H and O–H groups in total. The average Bonchev–Trinajstić information content (AvgIpc) is 2.46. The van der Waals surface area contributed by atoms with Crippen molar-refractivity contribution in [3.8, 4) is 5.75 Å². The number of ether oxygens (including phenoxy) is 2. The van der Waals surface area contributed by atoms with Crippen LogP contribution in [0.2, 0.25) is 0 Å². The molecule has 2 unspecified atom stereocenters. The van der Waals surface area contributed by atoms with Gasteiger partial charge in [0.1, 0.15) is 5.75 Å². The number of rotatable bonds is 5. The van der Waals surface area contributed by atoms with Gasteiger partial charge in [0.25, 0.3) is 0 Å². The van der Waals surface area contributed by atoms with Gasteiger partial charge in [-0.15, -0.1) is 0 Å². The van der Waals surface area contributed by atoms with Crippen LogP contribution in [0.5, 0.6) is 5.75 Å². The number of hydrogen-bond donors (Lipinski definition) is 1. The molecule has 1 aromatic carbocycles. The second-order valence-electron chi connectivity index (χ2n) is 5.11. The van der Waals surface area contributed by atoms with E-state index in [9.17, 15) is 4.79 Å². The molecule has 1 aromatic rings. The van der Waals surface area contributed by atoms with Crippen LogP contribution in [0.1, 0.15) is 43.9 Å². The highest BCUT2D eigenvalue weighted by Crippen LogP contribution is 2.32. The molecule has 0 heterocycles. The molecule has 4 heteroatoms. The third kappa shape index (κ3) is 3.31. The summed E-state index contributed by atoms with van der Waals surface area (Å²) in [6.45, 7) is 3.88. The Morgan fingerprint density at radius 1 is 1.50 bits per heavy atom. The average molecular weight is 277 g/mol. The molecule has 0 saturated carbocycles. The van der Waals surface area contributed by atoms with Crippen LogP contribution in [-0.2, 0) is 16.0 Å². The number of hydrogen-bond acceptors (Lipinski definition) is 4. The number of aryl methyl sites for hydroxylation is 1. The summed E-state index contributed by atoms with van der Waals surface area (Å²) in [6.07, 6.45) is 2.88. The van der Waals surface area contributed by atoms with Gasteiger partial charge in [-0.3, -0.25) is 0 Å². The van der Waals surface area contributed by atoms with Crippen LogP contribution in [0.15, 0.2) is 18.2 Å². The Hall–Kier alpha value is -1.55. The lowest BCUT2D eigenvalue weighted by Gasteiger charge is -2.26. The molecule has 0 aliphatic heterocycles. The first-order chi connectivity index (χ1) is 9.65. The van der Waals surface area contributed by atoms with Crippen LogP contribution >= 0.6 is 0 Å². The highest BCUT2D eigenvalue weighted by molar-refractivity contribution is 5.74. The maximum absolute atomic E-state index is 11.6. The second-order valence-corrected chi connectivity index (χ2v) is 5.11. The third-order valence-corrected chi connectivity index (χ3v) is 3.71. The lowest BCUT2D eigenvalue weighted by Crippen LogP contribution is -2.26. The zero-order valence-electron chi connectivity index (χ0n) is 12.4. The molecule has 2 rings (SSSR count). The van der Waals surface area contributed by atoms with Crippen LogP contribution in [-0.4, -0.2) is 25.7 Å². The van der Waals surface area contributed by atoms with Gasteiger partial charge < -0.3 is 14.8 Å². The SMILES string of the molecule is CCOC(=O)C(C)Oc1ccc2c(c1)C(NC)CCC2. The van der Waals surface area contributed by atoms with Gasteiger partial charge >= 0.3 is 5.97 Å². The van der Waals surface area contributed by atoms with E-state index >= 15 is 0 Å². The summed E-state index contributed by atoms with van der Waals surface area (Å²) in [6, 6.07) is 6.46. The first kappa shape index (κ1) is 14.9. The molecule has 20 heavy (non-hydrogen) atoms. The van der Waals surface area contributed by atoms with E-state index in [1.807, 2.05) is 19.2 Å². The van der Waals surface area contributed by atoms with Crippen molar-refractivity contribution >= 4 is 5.97 Å². The van der Waals surface area contributed by atoms with Crippen LogP contribution in [0.3, 0.4) is 0 Å². The van der Waals surface area contributed by atoms with Gasteiger partial charge in [0.05, 0.1) is 6.61 Å². The Kier molecular flexibility index (Phi) is 5.01. The van der Waals surface area contributed by atoms with Gasteiger partial charge in [-0.2, -0.15) is 0 Å². The molecular formula is C16H23NO3. The molecule has 0 fully saturated rings. The molecule has 0 radical (unpaired) electrons. The van der Waals surface area contributed by atoms with Crippen molar-refractivity contribution in [3.05, 3.63) is 29.3 Å². The number of carbonyl (C=O) groups is 1. The quantitative estimate of drug-likeness (QED) is 0.840. The molecule has 0 aromatic heterocycles. The van der Waals surface area contributed by atoms with E-state index in [-0.39, 0.29) is 5.97 Å². The maximum atomic E-state index is 11.6. The monoisotopic (exact) mass is 277 g/mol. The van der Waals surface area contributed by atoms with Crippen LogP contribution in [0.25, 0.3) is 0 Å². The number of carbonyl (C=O) groups excluding carboxylic acids is 1. The molecular weight excluding hydrogens is 254 g/mol. The van der Waals surface area contributed by atoms with E-state index in [1.54, 1.807) is 13.8 Å². The lowest BCUT2D eigenvalue weighted by atomic mass is 9.87. The molecule has 0 bridgehead atoms. The third-order valence-electron chi connectivity index (χ3n) is 3.71. The largest absolute Gasteiger partial charge is 0.479 e. The number of fused-ring (bicyclic) bond motifs is 1. The summed E-state index contributed by atoms with van der Waals surface area (Å²) in [4.78, 5) is 11.6. The zero-order chi connectivity index (χ0) is 14.5. The van der Waals surface area contributed by atoms with Crippen LogP contribution < -0.4 is 10.1 Å². The van der Waals surface area contributed by atoms with Gasteiger partial charge in [0.2, 0.25) is 0 Å². The highest BCUT2D eigenvalue weighted by atomic mass is 16.6. The fourth-order valence-corrected chi connectivity index (χ4v) is 2.66. The number of benzene rings is 1. The summed E-state index contributed by atoms with van der Waals surface area (Å²) in [5, 5.41) is 3.34. The van der Waals surface area contributed by atoms with Crippen molar-refractivity contribution in [2.24, 2.45) is 0 Å².